The Hall–Kier alpha value is -1.60. The van der Waals surface area contributed by atoms with Crippen molar-refractivity contribution in [2.45, 2.75) is 12.5 Å². The first kappa shape index (κ1) is 14.8. The van der Waals surface area contributed by atoms with Gasteiger partial charge in [-0.1, -0.05) is 18.2 Å². The maximum Gasteiger partial charge on any atom is 0.321 e. The highest BCUT2D eigenvalue weighted by molar-refractivity contribution is 7.99. The number of hydrogen-bond acceptors (Lipinski definition) is 5. The monoisotopic (exact) mass is 296 g/mol. The van der Waals surface area contributed by atoms with E-state index in [1.807, 2.05) is 4.90 Å². The summed E-state index contributed by atoms with van der Waals surface area (Å²) in [6.07, 6.45) is 0.492. The predicted molar refractivity (Wildman–Crippen MR) is 77.1 cm³/mol. The highest BCUT2D eigenvalue weighted by Gasteiger charge is 2.28. The van der Waals surface area contributed by atoms with E-state index < -0.39 is 16.9 Å². The van der Waals surface area contributed by atoms with Crippen LogP contribution >= 0.6 is 11.8 Å². The lowest BCUT2D eigenvalue weighted by molar-refractivity contribution is -0.385. The quantitative estimate of drug-likeness (QED) is 0.657. The number of rotatable bonds is 5. The fraction of sp³-hybridized carbons (Fsp3) is 0.462. The van der Waals surface area contributed by atoms with Gasteiger partial charge >= 0.3 is 5.97 Å². The number of carboxylic acids is 1. The average Bonchev–Trinajstić information content (AvgIpc) is 2.45. The van der Waals surface area contributed by atoms with E-state index in [1.165, 1.54) is 6.07 Å². The third-order valence-corrected chi connectivity index (χ3v) is 4.40. The van der Waals surface area contributed by atoms with Gasteiger partial charge in [0.15, 0.2) is 0 Å². The van der Waals surface area contributed by atoms with E-state index in [0.29, 0.717) is 30.8 Å². The average molecular weight is 296 g/mol. The number of hydrogen-bond donors (Lipinski definition) is 1. The van der Waals surface area contributed by atoms with Crippen LogP contribution in [0.1, 0.15) is 5.56 Å². The van der Waals surface area contributed by atoms with Gasteiger partial charge in [0.05, 0.1) is 4.92 Å². The first-order valence-corrected chi connectivity index (χ1v) is 7.52. The number of thioether (sulfide) groups is 1. The Kier molecular flexibility index (Phi) is 4.97. The maximum atomic E-state index is 11.2. The van der Waals surface area contributed by atoms with Crippen molar-refractivity contribution in [2.24, 2.45) is 0 Å². The smallest absolute Gasteiger partial charge is 0.321 e. The van der Waals surface area contributed by atoms with Gasteiger partial charge in [0.2, 0.25) is 0 Å². The Morgan fingerprint density at radius 2 is 2.25 bits per heavy atom. The standard InChI is InChI=1S/C13H16N2O4S/c16-13(17)12-9-20-8-7-14(12)6-5-10-3-1-2-4-11(10)15(18)19/h1-4,12H,5-9H2,(H,16,17). The van der Waals surface area contributed by atoms with Gasteiger partial charge in [0.25, 0.3) is 5.69 Å². The number of nitro groups is 1. The van der Waals surface area contributed by atoms with Crippen LogP contribution in [0.4, 0.5) is 5.69 Å². The molecule has 1 aliphatic rings. The third-order valence-electron chi connectivity index (χ3n) is 3.38. The van der Waals surface area contributed by atoms with Crippen LogP contribution in [-0.2, 0) is 11.2 Å². The summed E-state index contributed by atoms with van der Waals surface area (Å²) >= 11 is 1.63. The predicted octanol–water partition coefficient (Wildman–Crippen LogP) is 1.64. The van der Waals surface area contributed by atoms with Gasteiger partial charge in [0.1, 0.15) is 6.04 Å². The van der Waals surface area contributed by atoms with Crippen molar-refractivity contribution in [3.63, 3.8) is 0 Å². The Labute approximate surface area is 120 Å². The highest BCUT2D eigenvalue weighted by atomic mass is 32.2. The van der Waals surface area contributed by atoms with Crippen LogP contribution in [0.15, 0.2) is 24.3 Å². The number of nitro benzene ring substituents is 1. The summed E-state index contributed by atoms with van der Waals surface area (Å²) in [6, 6.07) is 6.13. The van der Waals surface area contributed by atoms with Crippen LogP contribution in [0.25, 0.3) is 0 Å². The Morgan fingerprint density at radius 1 is 1.50 bits per heavy atom. The second-order valence-electron chi connectivity index (χ2n) is 4.60. The molecule has 1 heterocycles. The van der Waals surface area contributed by atoms with E-state index >= 15 is 0 Å². The van der Waals surface area contributed by atoms with Crippen molar-refractivity contribution in [3.8, 4) is 0 Å². The molecule has 0 radical (unpaired) electrons. The van der Waals surface area contributed by atoms with Crippen molar-refractivity contribution < 1.29 is 14.8 Å². The van der Waals surface area contributed by atoms with E-state index in [9.17, 15) is 20.0 Å². The molecule has 1 unspecified atom stereocenters. The molecule has 0 spiro atoms. The molecule has 1 N–H and O–H groups in total. The van der Waals surface area contributed by atoms with Gasteiger partial charge in [-0.25, -0.2) is 0 Å². The van der Waals surface area contributed by atoms with E-state index in [4.69, 9.17) is 0 Å². The Balaban J connectivity index is 2.04. The van der Waals surface area contributed by atoms with Gasteiger partial charge < -0.3 is 5.11 Å². The fourth-order valence-electron chi connectivity index (χ4n) is 2.30. The van der Waals surface area contributed by atoms with Gasteiger partial charge in [-0.3, -0.25) is 19.8 Å². The molecule has 0 aromatic heterocycles. The summed E-state index contributed by atoms with van der Waals surface area (Å²) < 4.78 is 0. The zero-order valence-corrected chi connectivity index (χ0v) is 11.7. The molecule has 2 rings (SSSR count). The van der Waals surface area contributed by atoms with Crippen molar-refractivity contribution in [1.29, 1.82) is 0 Å². The molecule has 1 aromatic rings. The summed E-state index contributed by atoms with van der Waals surface area (Å²) in [5.41, 5.74) is 0.755. The normalized spacial score (nSPS) is 19.7. The summed E-state index contributed by atoms with van der Waals surface area (Å²) in [5.74, 6) is 0.659. The lowest BCUT2D eigenvalue weighted by Gasteiger charge is -2.32. The minimum atomic E-state index is -0.820. The minimum absolute atomic E-state index is 0.103. The van der Waals surface area contributed by atoms with Crippen molar-refractivity contribution in [3.05, 3.63) is 39.9 Å². The molecular formula is C13H16N2O4S. The number of para-hydroxylation sites is 1. The van der Waals surface area contributed by atoms with Crippen LogP contribution in [0.5, 0.6) is 0 Å². The second-order valence-corrected chi connectivity index (χ2v) is 5.75. The van der Waals surface area contributed by atoms with Gasteiger partial charge in [-0.05, 0) is 6.42 Å². The second kappa shape index (κ2) is 6.71. The topological polar surface area (TPSA) is 83.7 Å². The van der Waals surface area contributed by atoms with Gasteiger partial charge in [0, 0.05) is 36.2 Å². The maximum absolute atomic E-state index is 11.2. The number of benzene rings is 1. The molecule has 0 amide bonds. The summed E-state index contributed by atoms with van der Waals surface area (Å²) in [5, 5.41) is 20.1. The largest absolute Gasteiger partial charge is 0.480 e. The molecule has 1 fully saturated rings. The SMILES string of the molecule is O=C(O)C1CSCCN1CCc1ccccc1[N+](=O)[O-]. The lowest BCUT2D eigenvalue weighted by atomic mass is 10.1. The molecule has 0 aliphatic carbocycles. The molecule has 1 saturated heterocycles. The van der Waals surface area contributed by atoms with Gasteiger partial charge in [-0.2, -0.15) is 11.8 Å². The van der Waals surface area contributed by atoms with E-state index in [1.54, 1.807) is 30.0 Å². The highest BCUT2D eigenvalue weighted by Crippen LogP contribution is 2.21. The summed E-state index contributed by atoms with van der Waals surface area (Å²) in [4.78, 5) is 23.6. The molecule has 108 valence electrons. The minimum Gasteiger partial charge on any atom is -0.480 e. The van der Waals surface area contributed by atoms with Crippen LogP contribution in [-0.4, -0.2) is 51.5 Å². The zero-order chi connectivity index (χ0) is 14.5. The number of carboxylic acid groups (broad SMARTS) is 1. The van der Waals surface area contributed by atoms with Crippen LogP contribution < -0.4 is 0 Å². The molecule has 1 aromatic carbocycles. The van der Waals surface area contributed by atoms with Crippen LogP contribution in [0, 0.1) is 10.1 Å². The Bertz CT molecular complexity index is 509. The van der Waals surface area contributed by atoms with Crippen molar-refractivity contribution in [2.75, 3.05) is 24.6 Å². The Morgan fingerprint density at radius 3 is 2.95 bits per heavy atom. The van der Waals surface area contributed by atoms with Crippen molar-refractivity contribution in [1.82, 2.24) is 4.90 Å². The summed E-state index contributed by atoms with van der Waals surface area (Å²) in [6.45, 7) is 1.24. The molecule has 1 atom stereocenters. The van der Waals surface area contributed by atoms with E-state index in [2.05, 4.69) is 0 Å². The number of carbonyl (C=O) groups is 1. The molecule has 0 saturated carbocycles. The van der Waals surface area contributed by atoms with E-state index in [-0.39, 0.29) is 5.69 Å². The number of nitrogens with zero attached hydrogens (tertiary/aromatic N) is 2. The van der Waals surface area contributed by atoms with Crippen LogP contribution in [0.3, 0.4) is 0 Å². The van der Waals surface area contributed by atoms with Gasteiger partial charge in [-0.15, -0.1) is 0 Å². The first-order chi connectivity index (χ1) is 9.59. The fourth-order valence-corrected chi connectivity index (χ4v) is 3.40. The van der Waals surface area contributed by atoms with Crippen LogP contribution in [0.2, 0.25) is 0 Å². The third kappa shape index (κ3) is 3.49. The molecule has 0 bridgehead atoms. The first-order valence-electron chi connectivity index (χ1n) is 6.36. The molecule has 6 nitrogen and oxygen atoms in total. The van der Waals surface area contributed by atoms with E-state index in [0.717, 1.165) is 5.75 Å². The molecule has 7 heteroatoms. The summed E-state index contributed by atoms with van der Waals surface area (Å²) in [7, 11) is 0. The molecule has 20 heavy (non-hydrogen) atoms. The van der Waals surface area contributed by atoms with Crippen molar-refractivity contribution >= 4 is 23.4 Å². The molecular weight excluding hydrogens is 280 g/mol. The molecule has 1 aliphatic heterocycles. The number of aliphatic carboxylic acids is 1. The lowest BCUT2D eigenvalue weighted by Crippen LogP contribution is -2.48. The zero-order valence-electron chi connectivity index (χ0n) is 10.9.